The van der Waals surface area contributed by atoms with Crippen molar-refractivity contribution in [1.29, 1.82) is 0 Å². The van der Waals surface area contributed by atoms with Crippen molar-refractivity contribution in [3.63, 3.8) is 0 Å². The minimum Gasteiger partial charge on any atom is -0.465 e. The molecule has 16 heavy (non-hydrogen) atoms. The molecule has 0 fully saturated rings. The van der Waals surface area contributed by atoms with Gasteiger partial charge in [-0.15, -0.1) is 0 Å². The van der Waals surface area contributed by atoms with Crippen LogP contribution < -0.4 is 0 Å². The Kier molecular flexibility index (Phi) is 9.30. The number of hydrogen-bond acceptors (Lipinski definition) is 3. The van der Waals surface area contributed by atoms with Crippen molar-refractivity contribution in [3.8, 4) is 0 Å². The molecule has 1 unspecified atom stereocenters. The van der Waals surface area contributed by atoms with E-state index in [0.29, 0.717) is 6.61 Å². The van der Waals surface area contributed by atoms with Crippen LogP contribution in [0.3, 0.4) is 0 Å². The maximum atomic E-state index is 11.9. The lowest BCUT2D eigenvalue weighted by Gasteiger charge is -2.29. The van der Waals surface area contributed by atoms with Gasteiger partial charge in [-0.3, -0.25) is 9.69 Å². The topological polar surface area (TPSA) is 29.5 Å². The van der Waals surface area contributed by atoms with E-state index in [2.05, 4.69) is 25.7 Å². The standard InChI is InChI=1S/C13H27NO2/c1-5-9-12(13(15)16-8-4)14(10-6-2)11-7-3/h12H,5-11H2,1-4H3. The summed E-state index contributed by atoms with van der Waals surface area (Å²) in [5, 5.41) is 0. The Morgan fingerprint density at radius 3 is 2.00 bits per heavy atom. The Balaban J connectivity index is 4.47. The predicted octanol–water partition coefficient (Wildman–Crippen LogP) is 2.84. The number of esters is 1. The third kappa shape index (κ3) is 5.50. The molecule has 0 saturated heterocycles. The summed E-state index contributed by atoms with van der Waals surface area (Å²) in [5.74, 6) is -0.0498. The molecule has 0 amide bonds. The second-order valence-electron chi connectivity index (χ2n) is 4.09. The molecule has 0 aliphatic rings. The molecular formula is C13H27NO2. The number of carbonyl (C=O) groups excluding carboxylic acids is 1. The number of carbonyl (C=O) groups is 1. The molecule has 0 spiro atoms. The zero-order valence-electron chi connectivity index (χ0n) is 11.3. The number of rotatable bonds is 9. The summed E-state index contributed by atoms with van der Waals surface area (Å²) in [5.41, 5.74) is 0. The van der Waals surface area contributed by atoms with Crippen LogP contribution in [-0.2, 0) is 9.53 Å². The quantitative estimate of drug-likeness (QED) is 0.569. The zero-order valence-corrected chi connectivity index (χ0v) is 11.3. The molecule has 0 aliphatic heterocycles. The highest BCUT2D eigenvalue weighted by Crippen LogP contribution is 2.11. The lowest BCUT2D eigenvalue weighted by molar-refractivity contribution is -0.150. The minimum atomic E-state index is -0.0498. The van der Waals surface area contributed by atoms with Crippen molar-refractivity contribution in [2.45, 2.75) is 59.4 Å². The van der Waals surface area contributed by atoms with Crippen molar-refractivity contribution >= 4 is 5.97 Å². The van der Waals surface area contributed by atoms with Gasteiger partial charge >= 0.3 is 5.97 Å². The molecule has 1 atom stereocenters. The monoisotopic (exact) mass is 229 g/mol. The fourth-order valence-electron chi connectivity index (χ4n) is 1.96. The summed E-state index contributed by atoms with van der Waals surface area (Å²) in [6.45, 7) is 10.7. The van der Waals surface area contributed by atoms with Crippen LogP contribution in [0.1, 0.15) is 53.4 Å². The molecule has 3 nitrogen and oxygen atoms in total. The van der Waals surface area contributed by atoms with Gasteiger partial charge in [0.2, 0.25) is 0 Å². The Bertz CT molecular complexity index is 177. The summed E-state index contributed by atoms with van der Waals surface area (Å²) in [6, 6.07) is -0.0372. The summed E-state index contributed by atoms with van der Waals surface area (Å²) in [4.78, 5) is 14.1. The number of hydrogen-bond donors (Lipinski definition) is 0. The molecule has 96 valence electrons. The molecule has 0 N–H and O–H groups in total. The maximum absolute atomic E-state index is 11.9. The molecule has 0 rings (SSSR count). The van der Waals surface area contributed by atoms with Gasteiger partial charge in [0.15, 0.2) is 0 Å². The van der Waals surface area contributed by atoms with E-state index in [1.807, 2.05) is 6.92 Å². The van der Waals surface area contributed by atoms with Crippen molar-refractivity contribution in [1.82, 2.24) is 4.90 Å². The molecule has 0 aromatic carbocycles. The van der Waals surface area contributed by atoms with Crippen molar-refractivity contribution in [2.75, 3.05) is 19.7 Å². The van der Waals surface area contributed by atoms with Gasteiger partial charge in [-0.25, -0.2) is 0 Å². The summed E-state index contributed by atoms with van der Waals surface area (Å²) in [6.07, 6.45) is 4.09. The Morgan fingerprint density at radius 2 is 1.62 bits per heavy atom. The predicted molar refractivity (Wildman–Crippen MR) is 67.5 cm³/mol. The van der Waals surface area contributed by atoms with Crippen molar-refractivity contribution in [2.24, 2.45) is 0 Å². The van der Waals surface area contributed by atoms with Crippen LogP contribution in [0.4, 0.5) is 0 Å². The lowest BCUT2D eigenvalue weighted by Crippen LogP contribution is -2.43. The first-order valence-corrected chi connectivity index (χ1v) is 6.61. The number of nitrogens with zero attached hydrogens (tertiary/aromatic N) is 1. The van der Waals surface area contributed by atoms with Crippen LogP contribution >= 0.6 is 0 Å². The van der Waals surface area contributed by atoms with Crippen molar-refractivity contribution in [3.05, 3.63) is 0 Å². The Labute approximate surface area is 100 Å². The first kappa shape index (κ1) is 15.4. The fourth-order valence-corrected chi connectivity index (χ4v) is 1.96. The normalized spacial score (nSPS) is 12.8. The smallest absolute Gasteiger partial charge is 0.323 e. The van der Waals surface area contributed by atoms with Gasteiger partial charge in [0.1, 0.15) is 6.04 Å². The molecule has 0 saturated carbocycles. The van der Waals surface area contributed by atoms with E-state index >= 15 is 0 Å². The van der Waals surface area contributed by atoms with E-state index in [1.54, 1.807) is 0 Å². The van der Waals surface area contributed by atoms with Gasteiger partial charge in [-0.2, -0.15) is 0 Å². The van der Waals surface area contributed by atoms with Gasteiger partial charge in [-0.1, -0.05) is 27.2 Å². The van der Waals surface area contributed by atoms with Gasteiger partial charge in [0.25, 0.3) is 0 Å². The van der Waals surface area contributed by atoms with Gasteiger partial charge in [0, 0.05) is 0 Å². The molecular weight excluding hydrogens is 202 g/mol. The van der Waals surface area contributed by atoms with E-state index in [4.69, 9.17) is 4.74 Å². The van der Waals surface area contributed by atoms with E-state index in [9.17, 15) is 4.79 Å². The maximum Gasteiger partial charge on any atom is 0.323 e. The largest absolute Gasteiger partial charge is 0.465 e. The molecule has 0 heterocycles. The highest BCUT2D eigenvalue weighted by Gasteiger charge is 2.24. The zero-order chi connectivity index (χ0) is 12.4. The third-order valence-corrected chi connectivity index (χ3v) is 2.58. The van der Waals surface area contributed by atoms with E-state index < -0.39 is 0 Å². The number of ether oxygens (including phenoxy) is 1. The van der Waals surface area contributed by atoms with Crippen LogP contribution in [0.15, 0.2) is 0 Å². The molecule has 3 heteroatoms. The van der Waals surface area contributed by atoms with Crippen LogP contribution in [0.5, 0.6) is 0 Å². The van der Waals surface area contributed by atoms with Crippen molar-refractivity contribution < 1.29 is 9.53 Å². The molecule has 0 radical (unpaired) electrons. The molecule has 0 bridgehead atoms. The second-order valence-corrected chi connectivity index (χ2v) is 4.09. The Morgan fingerprint density at radius 1 is 1.06 bits per heavy atom. The average Bonchev–Trinajstić information content (AvgIpc) is 2.26. The van der Waals surface area contributed by atoms with Crippen LogP contribution in [0.2, 0.25) is 0 Å². The average molecular weight is 229 g/mol. The summed E-state index contributed by atoms with van der Waals surface area (Å²) in [7, 11) is 0. The molecule has 0 aromatic rings. The summed E-state index contributed by atoms with van der Waals surface area (Å²) >= 11 is 0. The fraction of sp³-hybridized carbons (Fsp3) is 0.923. The van der Waals surface area contributed by atoms with E-state index in [-0.39, 0.29) is 12.0 Å². The van der Waals surface area contributed by atoms with E-state index in [0.717, 1.165) is 38.8 Å². The first-order valence-electron chi connectivity index (χ1n) is 6.61. The highest BCUT2D eigenvalue weighted by molar-refractivity contribution is 5.75. The van der Waals surface area contributed by atoms with Gasteiger partial charge < -0.3 is 4.74 Å². The van der Waals surface area contributed by atoms with Gasteiger partial charge in [0.05, 0.1) is 6.61 Å². The molecule has 0 aliphatic carbocycles. The van der Waals surface area contributed by atoms with Crippen LogP contribution in [0, 0.1) is 0 Å². The molecule has 0 aromatic heterocycles. The Hall–Kier alpha value is -0.570. The minimum absolute atomic E-state index is 0.0372. The second kappa shape index (κ2) is 9.64. The first-order chi connectivity index (χ1) is 7.71. The third-order valence-electron chi connectivity index (χ3n) is 2.58. The van der Waals surface area contributed by atoms with Gasteiger partial charge in [-0.05, 0) is 39.3 Å². The van der Waals surface area contributed by atoms with Crippen LogP contribution in [-0.4, -0.2) is 36.6 Å². The highest BCUT2D eigenvalue weighted by atomic mass is 16.5. The summed E-state index contributed by atoms with van der Waals surface area (Å²) < 4.78 is 5.15. The van der Waals surface area contributed by atoms with Crippen LogP contribution in [0.25, 0.3) is 0 Å². The SMILES string of the molecule is CCCC(C(=O)OCC)N(CCC)CCC. The van der Waals surface area contributed by atoms with E-state index in [1.165, 1.54) is 0 Å². The lowest BCUT2D eigenvalue weighted by atomic mass is 10.1.